The molecular weight excluding hydrogens is 134 g/mol. The minimum absolute atomic E-state index is 1.11. The van der Waals surface area contributed by atoms with Crippen molar-refractivity contribution in [2.75, 3.05) is 13.1 Å². The van der Waals surface area contributed by atoms with Crippen molar-refractivity contribution in [3.8, 4) is 0 Å². The summed E-state index contributed by atoms with van der Waals surface area (Å²) in [6, 6.07) is 0. The van der Waals surface area contributed by atoms with E-state index in [1.54, 1.807) is 6.42 Å². The molecule has 0 aromatic rings. The van der Waals surface area contributed by atoms with Crippen LogP contribution < -0.4 is 5.32 Å². The predicted molar refractivity (Wildman–Crippen MR) is 47.6 cm³/mol. The molecule has 0 aromatic carbocycles. The lowest BCUT2D eigenvalue weighted by molar-refractivity contribution is 0.498. The van der Waals surface area contributed by atoms with Crippen LogP contribution in [0.25, 0.3) is 0 Å². The second-order valence-corrected chi connectivity index (χ2v) is 4.14. The molecule has 0 radical (unpaired) electrons. The summed E-state index contributed by atoms with van der Waals surface area (Å²) in [6.45, 7) is 2.54. The molecule has 1 saturated heterocycles. The molecular formula is C10H19N. The topological polar surface area (TPSA) is 12.0 Å². The number of nitrogens with one attached hydrogen (secondary N) is 1. The SMILES string of the molecule is C1CCNCCC2CC2CC1. The van der Waals surface area contributed by atoms with E-state index < -0.39 is 0 Å². The van der Waals surface area contributed by atoms with Crippen molar-refractivity contribution in [2.24, 2.45) is 11.8 Å². The van der Waals surface area contributed by atoms with Gasteiger partial charge in [0.1, 0.15) is 0 Å². The van der Waals surface area contributed by atoms with Crippen LogP contribution in [0.4, 0.5) is 0 Å². The van der Waals surface area contributed by atoms with Crippen molar-refractivity contribution < 1.29 is 0 Å². The highest BCUT2D eigenvalue weighted by molar-refractivity contribution is 4.86. The number of rotatable bonds is 0. The van der Waals surface area contributed by atoms with E-state index in [1.165, 1.54) is 45.2 Å². The van der Waals surface area contributed by atoms with Gasteiger partial charge in [0.25, 0.3) is 0 Å². The van der Waals surface area contributed by atoms with E-state index in [0.717, 1.165) is 11.8 Å². The van der Waals surface area contributed by atoms with Gasteiger partial charge in [-0.2, -0.15) is 0 Å². The van der Waals surface area contributed by atoms with Crippen LogP contribution in [0.5, 0.6) is 0 Å². The van der Waals surface area contributed by atoms with Gasteiger partial charge in [0.05, 0.1) is 0 Å². The van der Waals surface area contributed by atoms with E-state index in [2.05, 4.69) is 5.32 Å². The molecule has 2 unspecified atom stereocenters. The van der Waals surface area contributed by atoms with Gasteiger partial charge in [0, 0.05) is 0 Å². The van der Waals surface area contributed by atoms with Crippen molar-refractivity contribution in [3.63, 3.8) is 0 Å². The van der Waals surface area contributed by atoms with Crippen LogP contribution in [0.15, 0.2) is 0 Å². The van der Waals surface area contributed by atoms with Gasteiger partial charge in [-0.1, -0.05) is 19.3 Å². The van der Waals surface area contributed by atoms with Crippen molar-refractivity contribution in [2.45, 2.75) is 38.5 Å². The zero-order chi connectivity index (χ0) is 7.52. The molecule has 1 heteroatoms. The van der Waals surface area contributed by atoms with Crippen LogP contribution in [0.3, 0.4) is 0 Å². The maximum absolute atomic E-state index is 3.51. The molecule has 1 aliphatic heterocycles. The molecule has 1 N–H and O–H groups in total. The lowest BCUT2D eigenvalue weighted by Gasteiger charge is -2.07. The van der Waals surface area contributed by atoms with Crippen molar-refractivity contribution in [1.82, 2.24) is 5.32 Å². The average molecular weight is 153 g/mol. The molecule has 0 bridgehead atoms. The number of hydrogen-bond donors (Lipinski definition) is 1. The Bertz CT molecular complexity index is 108. The van der Waals surface area contributed by atoms with Crippen molar-refractivity contribution in [3.05, 3.63) is 0 Å². The first kappa shape index (κ1) is 7.60. The summed E-state index contributed by atoms with van der Waals surface area (Å²) in [5, 5.41) is 3.51. The maximum Gasteiger partial charge on any atom is -0.00462 e. The molecule has 1 nitrogen and oxygen atoms in total. The standard InChI is InChI=1S/C10H19N/c1-2-4-9-8-10(9)5-7-11-6-3-1/h9-11H,1-8H2. The Morgan fingerprint density at radius 1 is 0.818 bits per heavy atom. The van der Waals surface area contributed by atoms with E-state index in [9.17, 15) is 0 Å². The van der Waals surface area contributed by atoms with Gasteiger partial charge in [0.15, 0.2) is 0 Å². The second kappa shape index (κ2) is 3.57. The summed E-state index contributed by atoms with van der Waals surface area (Å²) in [5.74, 6) is 2.25. The van der Waals surface area contributed by atoms with Gasteiger partial charge in [-0.25, -0.2) is 0 Å². The molecule has 2 atom stereocenters. The molecule has 1 saturated carbocycles. The summed E-state index contributed by atoms with van der Waals surface area (Å²) in [4.78, 5) is 0. The van der Waals surface area contributed by atoms with Gasteiger partial charge in [-0.15, -0.1) is 0 Å². The quantitative estimate of drug-likeness (QED) is 0.562. The summed E-state index contributed by atoms with van der Waals surface area (Å²) >= 11 is 0. The Hall–Kier alpha value is -0.0400. The number of fused-ring (bicyclic) bond motifs is 1. The molecule has 2 rings (SSSR count). The predicted octanol–water partition coefficient (Wildman–Crippen LogP) is 2.18. The molecule has 0 amide bonds. The van der Waals surface area contributed by atoms with Gasteiger partial charge in [-0.3, -0.25) is 0 Å². The average Bonchev–Trinajstić information content (AvgIpc) is 2.76. The Kier molecular flexibility index (Phi) is 2.47. The molecule has 2 aliphatic rings. The molecule has 1 heterocycles. The summed E-state index contributed by atoms with van der Waals surface area (Å²) in [7, 11) is 0. The van der Waals surface area contributed by atoms with Crippen LogP contribution in [-0.2, 0) is 0 Å². The minimum atomic E-state index is 1.11. The number of hydrogen-bond acceptors (Lipinski definition) is 1. The lowest BCUT2D eigenvalue weighted by Crippen LogP contribution is -2.17. The van der Waals surface area contributed by atoms with Crippen LogP contribution in [0.1, 0.15) is 38.5 Å². The maximum atomic E-state index is 3.51. The summed E-state index contributed by atoms with van der Waals surface area (Å²) in [6.07, 6.45) is 8.87. The van der Waals surface area contributed by atoms with Crippen LogP contribution in [-0.4, -0.2) is 13.1 Å². The highest BCUT2D eigenvalue weighted by atomic mass is 14.8. The van der Waals surface area contributed by atoms with Crippen molar-refractivity contribution >= 4 is 0 Å². The van der Waals surface area contributed by atoms with E-state index in [1.807, 2.05) is 0 Å². The Balaban J connectivity index is 1.72. The Labute approximate surface area is 69.6 Å². The molecule has 2 fully saturated rings. The third kappa shape index (κ3) is 2.19. The third-order valence-electron chi connectivity index (χ3n) is 3.19. The lowest BCUT2D eigenvalue weighted by atomic mass is 10.1. The largest absolute Gasteiger partial charge is 0.317 e. The first-order chi connectivity index (χ1) is 5.47. The zero-order valence-electron chi connectivity index (χ0n) is 7.31. The first-order valence-electron chi connectivity index (χ1n) is 5.17. The van der Waals surface area contributed by atoms with Crippen molar-refractivity contribution in [1.29, 1.82) is 0 Å². The van der Waals surface area contributed by atoms with Gasteiger partial charge >= 0.3 is 0 Å². The molecule has 64 valence electrons. The molecule has 0 aromatic heterocycles. The first-order valence-corrected chi connectivity index (χ1v) is 5.17. The Morgan fingerprint density at radius 3 is 2.73 bits per heavy atom. The fraction of sp³-hybridized carbons (Fsp3) is 1.00. The van der Waals surface area contributed by atoms with Crippen LogP contribution in [0, 0.1) is 11.8 Å². The highest BCUT2D eigenvalue weighted by Crippen LogP contribution is 2.44. The summed E-state index contributed by atoms with van der Waals surface area (Å²) in [5.41, 5.74) is 0. The van der Waals surface area contributed by atoms with E-state index in [-0.39, 0.29) is 0 Å². The van der Waals surface area contributed by atoms with E-state index in [4.69, 9.17) is 0 Å². The normalized spacial score (nSPS) is 39.3. The van der Waals surface area contributed by atoms with Gasteiger partial charge in [-0.05, 0) is 44.2 Å². The fourth-order valence-electron chi connectivity index (χ4n) is 2.26. The third-order valence-corrected chi connectivity index (χ3v) is 3.19. The fourth-order valence-corrected chi connectivity index (χ4v) is 2.26. The Morgan fingerprint density at radius 2 is 1.73 bits per heavy atom. The van der Waals surface area contributed by atoms with Gasteiger partial charge < -0.3 is 5.32 Å². The molecule has 1 aliphatic carbocycles. The second-order valence-electron chi connectivity index (χ2n) is 4.14. The molecule has 0 spiro atoms. The zero-order valence-corrected chi connectivity index (χ0v) is 7.31. The van der Waals surface area contributed by atoms with E-state index in [0.29, 0.717) is 0 Å². The molecule has 11 heavy (non-hydrogen) atoms. The van der Waals surface area contributed by atoms with E-state index >= 15 is 0 Å². The van der Waals surface area contributed by atoms with Crippen LogP contribution >= 0.6 is 0 Å². The minimum Gasteiger partial charge on any atom is -0.317 e. The summed E-state index contributed by atoms with van der Waals surface area (Å²) < 4.78 is 0. The highest BCUT2D eigenvalue weighted by Gasteiger charge is 2.35. The smallest absolute Gasteiger partial charge is 0.00462 e. The van der Waals surface area contributed by atoms with Crippen LogP contribution in [0.2, 0.25) is 0 Å². The monoisotopic (exact) mass is 153 g/mol. The van der Waals surface area contributed by atoms with Gasteiger partial charge in [0.2, 0.25) is 0 Å².